The van der Waals surface area contributed by atoms with Crippen molar-refractivity contribution >= 4 is 35.0 Å². The number of nitrogens with zero attached hydrogens (tertiary/aromatic N) is 3. The molecule has 1 atom stereocenters. The molecule has 6 nitrogen and oxygen atoms in total. The molecule has 1 N–H and O–H groups in total. The van der Waals surface area contributed by atoms with Gasteiger partial charge in [0.25, 0.3) is 0 Å². The van der Waals surface area contributed by atoms with Crippen LogP contribution in [0.1, 0.15) is 18.2 Å². The highest BCUT2D eigenvalue weighted by Gasteiger charge is 2.21. The van der Waals surface area contributed by atoms with Gasteiger partial charge in [-0.1, -0.05) is 29.4 Å². The highest BCUT2D eigenvalue weighted by atomic mass is 35.5. The maximum atomic E-state index is 12.5. The van der Waals surface area contributed by atoms with E-state index in [1.54, 1.807) is 12.3 Å². The molecule has 0 radical (unpaired) electrons. The monoisotopic (exact) mass is 390 g/mol. The highest BCUT2D eigenvalue weighted by Crippen LogP contribution is 2.29. The zero-order chi connectivity index (χ0) is 18.8. The molecule has 8 heteroatoms. The van der Waals surface area contributed by atoms with Crippen molar-refractivity contribution in [2.75, 3.05) is 5.32 Å². The fourth-order valence-electron chi connectivity index (χ4n) is 2.46. The Morgan fingerprint density at radius 2 is 2.08 bits per heavy atom. The van der Waals surface area contributed by atoms with Gasteiger partial charge in [-0.15, -0.1) is 10.2 Å². The standard InChI is InChI=1S/C18H19ClN4O2S/c1-10-14(19)6-5-7-15(10)20-17(24)12(3)26-18-22-21-16(23(18)4)13-8-9-25-11(13)2/h5-9,12H,1-4H3,(H,20,24). The Morgan fingerprint density at radius 3 is 2.77 bits per heavy atom. The van der Waals surface area contributed by atoms with Gasteiger partial charge in [0.1, 0.15) is 5.76 Å². The Bertz CT molecular complexity index is 951. The van der Waals surface area contributed by atoms with Gasteiger partial charge in [0.05, 0.1) is 17.1 Å². The number of halogens is 1. The van der Waals surface area contributed by atoms with Crippen molar-refractivity contribution in [2.45, 2.75) is 31.2 Å². The number of aromatic nitrogens is 3. The van der Waals surface area contributed by atoms with Gasteiger partial charge in [0.2, 0.25) is 5.91 Å². The van der Waals surface area contributed by atoms with E-state index in [1.165, 1.54) is 11.8 Å². The first-order valence-electron chi connectivity index (χ1n) is 8.05. The minimum absolute atomic E-state index is 0.121. The molecule has 0 fully saturated rings. The third kappa shape index (κ3) is 3.64. The third-order valence-electron chi connectivity index (χ3n) is 4.11. The molecular formula is C18H19ClN4O2S. The number of benzene rings is 1. The number of amides is 1. The second-order valence-electron chi connectivity index (χ2n) is 5.92. The lowest BCUT2D eigenvalue weighted by molar-refractivity contribution is -0.115. The van der Waals surface area contributed by atoms with Crippen LogP contribution in [0, 0.1) is 13.8 Å². The molecule has 1 aromatic carbocycles. The predicted molar refractivity (Wildman–Crippen MR) is 104 cm³/mol. The first-order valence-corrected chi connectivity index (χ1v) is 9.30. The van der Waals surface area contributed by atoms with E-state index in [-0.39, 0.29) is 11.2 Å². The van der Waals surface area contributed by atoms with Crippen molar-refractivity contribution in [3.8, 4) is 11.4 Å². The van der Waals surface area contributed by atoms with Crippen LogP contribution in [0.15, 0.2) is 40.1 Å². The second kappa shape index (κ2) is 7.55. The molecule has 0 aliphatic carbocycles. The Kier molecular flexibility index (Phi) is 5.38. The quantitative estimate of drug-likeness (QED) is 0.651. The fourth-order valence-corrected chi connectivity index (χ4v) is 3.45. The molecule has 2 aromatic heterocycles. The van der Waals surface area contributed by atoms with E-state index in [0.29, 0.717) is 21.7 Å². The zero-order valence-corrected chi connectivity index (χ0v) is 16.5. The molecule has 1 unspecified atom stereocenters. The van der Waals surface area contributed by atoms with Crippen molar-refractivity contribution in [1.29, 1.82) is 0 Å². The van der Waals surface area contributed by atoms with Gasteiger partial charge in [0.15, 0.2) is 11.0 Å². The molecule has 1 amide bonds. The minimum atomic E-state index is -0.352. The van der Waals surface area contributed by atoms with Crippen molar-refractivity contribution in [3.05, 3.63) is 46.9 Å². The maximum Gasteiger partial charge on any atom is 0.237 e. The summed E-state index contributed by atoms with van der Waals surface area (Å²) in [6, 6.07) is 7.29. The summed E-state index contributed by atoms with van der Waals surface area (Å²) in [5.41, 5.74) is 2.44. The van der Waals surface area contributed by atoms with Crippen LogP contribution in [-0.2, 0) is 11.8 Å². The highest BCUT2D eigenvalue weighted by molar-refractivity contribution is 8.00. The van der Waals surface area contributed by atoms with Crippen LogP contribution in [0.3, 0.4) is 0 Å². The number of thioether (sulfide) groups is 1. The van der Waals surface area contributed by atoms with Crippen molar-refractivity contribution in [2.24, 2.45) is 7.05 Å². The minimum Gasteiger partial charge on any atom is -0.469 e. The number of hydrogen-bond acceptors (Lipinski definition) is 5. The van der Waals surface area contributed by atoms with Crippen LogP contribution in [0.5, 0.6) is 0 Å². The summed E-state index contributed by atoms with van der Waals surface area (Å²) < 4.78 is 7.18. The van der Waals surface area contributed by atoms with E-state index >= 15 is 0 Å². The molecule has 0 spiro atoms. The fraction of sp³-hybridized carbons (Fsp3) is 0.278. The van der Waals surface area contributed by atoms with Gasteiger partial charge in [-0.3, -0.25) is 4.79 Å². The summed E-state index contributed by atoms with van der Waals surface area (Å²) in [7, 11) is 1.87. The van der Waals surface area contributed by atoms with Crippen LogP contribution < -0.4 is 5.32 Å². The van der Waals surface area contributed by atoms with Gasteiger partial charge in [-0.25, -0.2) is 0 Å². The van der Waals surface area contributed by atoms with Crippen LogP contribution in [0.4, 0.5) is 5.69 Å². The molecule has 2 heterocycles. The van der Waals surface area contributed by atoms with Gasteiger partial charge >= 0.3 is 0 Å². The Labute approximate surface area is 160 Å². The van der Waals surface area contributed by atoms with Crippen LogP contribution in [0.25, 0.3) is 11.4 Å². The number of furan rings is 1. The van der Waals surface area contributed by atoms with Crippen molar-refractivity contribution in [1.82, 2.24) is 14.8 Å². The van der Waals surface area contributed by atoms with E-state index in [2.05, 4.69) is 15.5 Å². The maximum absolute atomic E-state index is 12.5. The molecule has 3 aromatic rings. The van der Waals surface area contributed by atoms with Crippen LogP contribution in [0.2, 0.25) is 5.02 Å². The number of carbonyl (C=O) groups excluding carboxylic acids is 1. The number of anilines is 1. The molecule has 0 saturated carbocycles. The normalized spacial score (nSPS) is 12.2. The third-order valence-corrected chi connectivity index (χ3v) is 5.66. The number of nitrogens with one attached hydrogen (secondary N) is 1. The van der Waals surface area contributed by atoms with Crippen molar-refractivity contribution < 1.29 is 9.21 Å². The summed E-state index contributed by atoms with van der Waals surface area (Å²) in [4.78, 5) is 12.5. The summed E-state index contributed by atoms with van der Waals surface area (Å²) in [5, 5.41) is 12.3. The topological polar surface area (TPSA) is 72.9 Å². The Balaban J connectivity index is 1.73. The summed E-state index contributed by atoms with van der Waals surface area (Å²) in [5.74, 6) is 1.36. The molecule has 26 heavy (non-hydrogen) atoms. The molecule has 3 rings (SSSR count). The second-order valence-corrected chi connectivity index (χ2v) is 7.63. The molecule has 0 aliphatic heterocycles. The van der Waals surface area contributed by atoms with Gasteiger partial charge < -0.3 is 14.3 Å². The largest absolute Gasteiger partial charge is 0.469 e. The van der Waals surface area contributed by atoms with E-state index in [0.717, 1.165) is 16.9 Å². The van der Waals surface area contributed by atoms with Crippen LogP contribution >= 0.6 is 23.4 Å². The summed E-state index contributed by atoms with van der Waals surface area (Å²) in [6.45, 7) is 5.58. The summed E-state index contributed by atoms with van der Waals surface area (Å²) >= 11 is 7.45. The summed E-state index contributed by atoms with van der Waals surface area (Å²) in [6.07, 6.45) is 1.62. The molecule has 0 aliphatic rings. The van der Waals surface area contributed by atoms with E-state index in [1.807, 2.05) is 50.6 Å². The molecule has 136 valence electrons. The molecule has 0 saturated heterocycles. The van der Waals surface area contributed by atoms with E-state index < -0.39 is 0 Å². The predicted octanol–water partition coefficient (Wildman–Crippen LogP) is 4.46. The SMILES string of the molecule is Cc1occc1-c1nnc(SC(C)C(=O)Nc2cccc(Cl)c2C)n1C. The van der Waals surface area contributed by atoms with E-state index in [4.69, 9.17) is 16.0 Å². The van der Waals surface area contributed by atoms with Gasteiger partial charge in [0, 0.05) is 17.8 Å². The van der Waals surface area contributed by atoms with Crippen LogP contribution in [-0.4, -0.2) is 25.9 Å². The first-order chi connectivity index (χ1) is 12.4. The first kappa shape index (κ1) is 18.5. The lowest BCUT2D eigenvalue weighted by Crippen LogP contribution is -2.23. The van der Waals surface area contributed by atoms with Gasteiger partial charge in [-0.2, -0.15) is 0 Å². The lowest BCUT2D eigenvalue weighted by atomic mass is 10.2. The Morgan fingerprint density at radius 1 is 1.31 bits per heavy atom. The average Bonchev–Trinajstić information content (AvgIpc) is 3.18. The number of aryl methyl sites for hydroxylation is 1. The number of rotatable bonds is 5. The zero-order valence-electron chi connectivity index (χ0n) is 14.9. The lowest BCUT2D eigenvalue weighted by Gasteiger charge is -2.13. The van der Waals surface area contributed by atoms with Gasteiger partial charge in [-0.05, 0) is 44.5 Å². The average molecular weight is 391 g/mol. The van der Waals surface area contributed by atoms with Crippen molar-refractivity contribution in [3.63, 3.8) is 0 Å². The Hall–Kier alpha value is -2.25. The smallest absolute Gasteiger partial charge is 0.237 e. The molecular weight excluding hydrogens is 372 g/mol. The number of hydrogen-bond donors (Lipinski definition) is 1. The molecule has 0 bridgehead atoms. The number of carbonyl (C=O) groups is 1. The van der Waals surface area contributed by atoms with E-state index in [9.17, 15) is 4.79 Å².